The van der Waals surface area contributed by atoms with Crippen LogP contribution in [-0.4, -0.2) is 37.5 Å². The predicted molar refractivity (Wildman–Crippen MR) is 73.8 cm³/mol. The van der Waals surface area contributed by atoms with E-state index in [-0.39, 0.29) is 18.8 Å². The first-order valence-corrected chi connectivity index (χ1v) is 6.79. The average molecular weight is 308 g/mol. The molecule has 0 aliphatic rings. The molecular formula is C14H20F4N2O. The molecule has 0 bridgehead atoms. The molecule has 0 heterocycles. The second-order valence-electron chi connectivity index (χ2n) is 4.71. The SMILES string of the molecule is CCCNCc1cc(F)ccc1N(CCO)CC(F)(F)F. The van der Waals surface area contributed by atoms with Crippen molar-refractivity contribution in [2.45, 2.75) is 26.1 Å². The van der Waals surface area contributed by atoms with Gasteiger partial charge >= 0.3 is 6.18 Å². The Labute approximate surface area is 121 Å². The lowest BCUT2D eigenvalue weighted by molar-refractivity contribution is -0.119. The van der Waals surface area contributed by atoms with Gasteiger partial charge in [-0.15, -0.1) is 0 Å². The third kappa shape index (κ3) is 6.31. The molecule has 0 spiro atoms. The third-order valence-corrected chi connectivity index (χ3v) is 2.86. The maximum absolute atomic E-state index is 13.3. The Bertz CT molecular complexity index is 437. The number of benzene rings is 1. The van der Waals surface area contributed by atoms with E-state index in [1.807, 2.05) is 6.92 Å². The summed E-state index contributed by atoms with van der Waals surface area (Å²) in [6.45, 7) is 1.18. The molecule has 0 saturated carbocycles. The van der Waals surface area contributed by atoms with Gasteiger partial charge in [0, 0.05) is 18.8 Å². The van der Waals surface area contributed by atoms with Crippen LogP contribution in [0.4, 0.5) is 23.2 Å². The summed E-state index contributed by atoms with van der Waals surface area (Å²) in [4.78, 5) is 1.02. The molecule has 2 N–H and O–H groups in total. The van der Waals surface area contributed by atoms with Crippen LogP contribution in [0.3, 0.4) is 0 Å². The molecule has 0 unspecified atom stereocenters. The van der Waals surface area contributed by atoms with E-state index in [1.165, 1.54) is 12.1 Å². The highest BCUT2D eigenvalue weighted by molar-refractivity contribution is 5.54. The highest BCUT2D eigenvalue weighted by Gasteiger charge is 2.31. The minimum absolute atomic E-state index is 0.161. The lowest BCUT2D eigenvalue weighted by Gasteiger charge is -2.27. The van der Waals surface area contributed by atoms with Gasteiger partial charge in [0.1, 0.15) is 12.4 Å². The van der Waals surface area contributed by atoms with Crippen molar-refractivity contribution in [2.75, 3.05) is 31.1 Å². The smallest absolute Gasteiger partial charge is 0.395 e. The number of aliphatic hydroxyl groups is 1. The molecule has 1 rings (SSSR count). The number of alkyl halides is 3. The van der Waals surface area contributed by atoms with Crippen molar-refractivity contribution in [2.24, 2.45) is 0 Å². The number of nitrogens with zero attached hydrogens (tertiary/aromatic N) is 1. The quantitative estimate of drug-likeness (QED) is 0.572. The molecule has 7 heteroatoms. The molecule has 0 saturated heterocycles. The number of halogens is 4. The lowest BCUT2D eigenvalue weighted by atomic mass is 10.1. The fourth-order valence-corrected chi connectivity index (χ4v) is 2.03. The van der Waals surface area contributed by atoms with Crippen LogP contribution in [0.25, 0.3) is 0 Å². The van der Waals surface area contributed by atoms with Gasteiger partial charge in [0.2, 0.25) is 0 Å². The van der Waals surface area contributed by atoms with Crippen LogP contribution >= 0.6 is 0 Å². The topological polar surface area (TPSA) is 35.5 Å². The van der Waals surface area contributed by atoms with Crippen LogP contribution < -0.4 is 10.2 Å². The van der Waals surface area contributed by atoms with E-state index < -0.39 is 25.1 Å². The van der Waals surface area contributed by atoms with Crippen molar-refractivity contribution in [3.8, 4) is 0 Å². The summed E-state index contributed by atoms with van der Waals surface area (Å²) in [6, 6.07) is 3.66. The summed E-state index contributed by atoms with van der Waals surface area (Å²) < 4.78 is 51.2. The van der Waals surface area contributed by atoms with E-state index >= 15 is 0 Å². The Kier molecular flexibility index (Phi) is 6.91. The van der Waals surface area contributed by atoms with E-state index in [9.17, 15) is 17.6 Å². The van der Waals surface area contributed by atoms with E-state index in [0.717, 1.165) is 17.4 Å². The number of aliphatic hydroxyl groups excluding tert-OH is 1. The Morgan fingerprint density at radius 2 is 2.00 bits per heavy atom. The number of rotatable bonds is 8. The van der Waals surface area contributed by atoms with Crippen molar-refractivity contribution < 1.29 is 22.7 Å². The zero-order chi connectivity index (χ0) is 15.9. The summed E-state index contributed by atoms with van der Waals surface area (Å²) in [5.41, 5.74) is 0.729. The Hall–Kier alpha value is -1.34. The van der Waals surface area contributed by atoms with Gasteiger partial charge in [-0.1, -0.05) is 6.92 Å². The first kappa shape index (κ1) is 17.7. The van der Waals surface area contributed by atoms with Gasteiger partial charge < -0.3 is 15.3 Å². The highest BCUT2D eigenvalue weighted by atomic mass is 19.4. The van der Waals surface area contributed by atoms with Crippen LogP contribution in [-0.2, 0) is 6.54 Å². The second kappa shape index (κ2) is 8.19. The fourth-order valence-electron chi connectivity index (χ4n) is 2.03. The van der Waals surface area contributed by atoms with Crippen LogP contribution in [0.15, 0.2) is 18.2 Å². The predicted octanol–water partition coefficient (Wildman–Crippen LogP) is 2.69. The normalized spacial score (nSPS) is 11.7. The molecule has 0 amide bonds. The first-order chi connectivity index (χ1) is 9.87. The van der Waals surface area contributed by atoms with Gasteiger partial charge in [0.25, 0.3) is 0 Å². The molecule has 0 aromatic heterocycles. The molecule has 1 aromatic carbocycles. The van der Waals surface area contributed by atoms with Crippen molar-refractivity contribution in [1.82, 2.24) is 5.32 Å². The minimum Gasteiger partial charge on any atom is -0.395 e. The van der Waals surface area contributed by atoms with Crippen molar-refractivity contribution in [1.29, 1.82) is 0 Å². The Morgan fingerprint density at radius 1 is 1.29 bits per heavy atom. The maximum atomic E-state index is 13.3. The molecule has 0 radical (unpaired) electrons. The summed E-state index contributed by atoms with van der Waals surface area (Å²) in [5, 5.41) is 12.0. The van der Waals surface area contributed by atoms with E-state index in [0.29, 0.717) is 12.1 Å². The molecular weight excluding hydrogens is 288 g/mol. The van der Waals surface area contributed by atoms with Gasteiger partial charge in [-0.05, 0) is 36.7 Å². The second-order valence-corrected chi connectivity index (χ2v) is 4.71. The minimum atomic E-state index is -4.39. The first-order valence-electron chi connectivity index (χ1n) is 6.79. The van der Waals surface area contributed by atoms with Crippen LogP contribution in [0.2, 0.25) is 0 Å². The number of hydrogen-bond donors (Lipinski definition) is 2. The highest BCUT2D eigenvalue weighted by Crippen LogP contribution is 2.26. The average Bonchev–Trinajstić information content (AvgIpc) is 2.37. The zero-order valence-corrected chi connectivity index (χ0v) is 11.9. The number of hydrogen-bond acceptors (Lipinski definition) is 3. The summed E-state index contributed by atoms with van der Waals surface area (Å²) in [6.07, 6.45) is -3.52. The molecule has 0 aliphatic carbocycles. The third-order valence-electron chi connectivity index (χ3n) is 2.86. The van der Waals surface area contributed by atoms with E-state index in [2.05, 4.69) is 5.32 Å². The van der Waals surface area contributed by atoms with Crippen molar-refractivity contribution in [3.05, 3.63) is 29.6 Å². The molecule has 3 nitrogen and oxygen atoms in total. The molecule has 1 aromatic rings. The molecule has 0 aliphatic heterocycles. The van der Waals surface area contributed by atoms with E-state index in [1.54, 1.807) is 0 Å². The van der Waals surface area contributed by atoms with Crippen molar-refractivity contribution in [3.63, 3.8) is 0 Å². The molecule has 0 fully saturated rings. The molecule has 120 valence electrons. The van der Waals surface area contributed by atoms with E-state index in [4.69, 9.17) is 5.11 Å². The summed E-state index contributed by atoms with van der Waals surface area (Å²) in [7, 11) is 0. The standard InChI is InChI=1S/C14H20F4N2O/c1-2-5-19-9-11-8-12(15)3-4-13(11)20(6-7-21)10-14(16,17)18/h3-4,8,19,21H,2,5-7,9-10H2,1H3. The van der Waals surface area contributed by atoms with Crippen LogP contribution in [0, 0.1) is 5.82 Å². The van der Waals surface area contributed by atoms with Crippen LogP contribution in [0.5, 0.6) is 0 Å². The van der Waals surface area contributed by atoms with Gasteiger partial charge in [0.15, 0.2) is 0 Å². The number of anilines is 1. The molecule has 21 heavy (non-hydrogen) atoms. The Morgan fingerprint density at radius 3 is 2.57 bits per heavy atom. The summed E-state index contributed by atoms with van der Waals surface area (Å²) in [5.74, 6) is -0.497. The van der Waals surface area contributed by atoms with Crippen LogP contribution in [0.1, 0.15) is 18.9 Å². The fraction of sp³-hybridized carbons (Fsp3) is 0.571. The Balaban J connectivity index is 2.99. The molecule has 0 atom stereocenters. The monoisotopic (exact) mass is 308 g/mol. The maximum Gasteiger partial charge on any atom is 0.405 e. The van der Waals surface area contributed by atoms with Crippen molar-refractivity contribution >= 4 is 5.69 Å². The number of nitrogens with one attached hydrogen (secondary N) is 1. The summed E-state index contributed by atoms with van der Waals surface area (Å²) >= 11 is 0. The van der Waals surface area contributed by atoms with Gasteiger partial charge in [-0.3, -0.25) is 0 Å². The van der Waals surface area contributed by atoms with Gasteiger partial charge in [-0.25, -0.2) is 4.39 Å². The van der Waals surface area contributed by atoms with Gasteiger partial charge in [0.05, 0.1) is 6.61 Å². The lowest BCUT2D eigenvalue weighted by Crippen LogP contribution is -2.37. The zero-order valence-electron chi connectivity index (χ0n) is 11.9. The largest absolute Gasteiger partial charge is 0.405 e. The van der Waals surface area contributed by atoms with Gasteiger partial charge in [-0.2, -0.15) is 13.2 Å².